The second-order valence-electron chi connectivity index (χ2n) is 5.40. The topological polar surface area (TPSA) is 142 Å². The van der Waals surface area contributed by atoms with E-state index in [1.165, 1.54) is 18.2 Å². The molecule has 0 aliphatic rings. The monoisotopic (exact) mass is 450 g/mol. The molecule has 3 aromatic carbocycles. The molecular weight excluding hydrogens is 442 g/mol. The number of carboxylic acid groups (broad SMARTS) is 1. The fraction of sp³-hybridized carbons (Fsp3) is 0. The average Bonchev–Trinajstić information content (AvgIpc) is 2.60. The van der Waals surface area contributed by atoms with Crippen molar-refractivity contribution in [3.8, 4) is 5.75 Å². The molecule has 0 atom stereocenters. The Morgan fingerprint density at radius 1 is 1.03 bits per heavy atom. The van der Waals surface area contributed by atoms with Crippen LogP contribution in [0.4, 0.5) is 11.4 Å². The third-order valence-corrected chi connectivity index (χ3v) is 4.99. The summed E-state index contributed by atoms with van der Waals surface area (Å²) in [5, 5.41) is 31.8. The van der Waals surface area contributed by atoms with Crippen LogP contribution in [0.25, 0.3) is 10.8 Å². The summed E-state index contributed by atoms with van der Waals surface area (Å²) in [5.74, 6) is -2.54. The van der Waals surface area contributed by atoms with Gasteiger partial charge < -0.3 is 15.0 Å². The van der Waals surface area contributed by atoms with Crippen LogP contribution in [0.15, 0.2) is 63.7 Å². The molecule has 0 amide bonds. The molecule has 1 N–H and O–H groups in total. The fourth-order valence-electron chi connectivity index (χ4n) is 2.42. The molecule has 0 unspecified atom stereocenters. The molecule has 12 heteroatoms. The van der Waals surface area contributed by atoms with Gasteiger partial charge in [-0.25, -0.2) is 0 Å². The number of rotatable bonds is 4. The predicted octanol–water partition coefficient (Wildman–Crippen LogP) is -3.40. The number of carboxylic acids is 1. The minimum atomic E-state index is -4.58. The summed E-state index contributed by atoms with van der Waals surface area (Å²) < 4.78 is 31.8. The van der Waals surface area contributed by atoms with Crippen LogP contribution >= 0.6 is 11.6 Å². The third-order valence-electron chi connectivity index (χ3n) is 3.65. The number of fused-ring (bicyclic) bond motifs is 1. The van der Waals surface area contributed by atoms with E-state index in [1.807, 2.05) is 0 Å². The first-order valence-corrected chi connectivity index (χ1v) is 9.13. The van der Waals surface area contributed by atoms with E-state index < -0.39 is 32.3 Å². The van der Waals surface area contributed by atoms with Crippen molar-refractivity contribution in [2.75, 3.05) is 0 Å². The molecule has 0 saturated carbocycles. The molecule has 29 heavy (non-hydrogen) atoms. The first-order chi connectivity index (χ1) is 12.7. The van der Waals surface area contributed by atoms with Crippen molar-refractivity contribution in [1.82, 2.24) is 0 Å². The first-order valence-electron chi connectivity index (χ1n) is 7.31. The Morgan fingerprint density at radius 2 is 1.69 bits per heavy atom. The van der Waals surface area contributed by atoms with Crippen LogP contribution in [0.3, 0.4) is 0 Å². The molecule has 0 aromatic heterocycles. The fourth-order valence-corrected chi connectivity index (χ4v) is 3.41. The molecule has 0 fully saturated rings. The van der Waals surface area contributed by atoms with Gasteiger partial charge in [0.1, 0.15) is 4.90 Å². The van der Waals surface area contributed by atoms with E-state index in [0.717, 1.165) is 6.07 Å². The van der Waals surface area contributed by atoms with Crippen LogP contribution in [0, 0.1) is 0 Å². The number of benzene rings is 3. The van der Waals surface area contributed by atoms with Crippen LogP contribution in [-0.4, -0.2) is 18.9 Å². The quantitative estimate of drug-likeness (QED) is 0.249. The molecule has 0 saturated heterocycles. The van der Waals surface area contributed by atoms with Gasteiger partial charge in [0.05, 0.1) is 22.4 Å². The molecule has 0 aliphatic carbocycles. The number of carbonyl (C=O) groups is 1. The second kappa shape index (κ2) is 10.3. The van der Waals surface area contributed by atoms with E-state index in [1.54, 1.807) is 24.3 Å². The standard InChI is InChI=1S/C17H11ClN2O6S.2Na/c18-13-6-5-10(8-14(13)27(24,25)26)19-20-15-11-4-2-1-3-9(11)7-12(16(15)21)17(22)23;;/h1-8,21H,(H,22,23)(H,24,25,26);;/q;2*+1/p-2. The van der Waals surface area contributed by atoms with Gasteiger partial charge >= 0.3 is 59.1 Å². The van der Waals surface area contributed by atoms with E-state index in [0.29, 0.717) is 10.8 Å². The minimum Gasteiger partial charge on any atom is -0.871 e. The number of hydrogen-bond acceptors (Lipinski definition) is 7. The van der Waals surface area contributed by atoms with Crippen molar-refractivity contribution in [3.63, 3.8) is 0 Å². The molecule has 0 bridgehead atoms. The van der Waals surface area contributed by atoms with Gasteiger partial charge in [-0.15, -0.1) is 0 Å². The summed E-state index contributed by atoms with van der Waals surface area (Å²) in [7, 11) is -4.58. The number of azo groups is 1. The Bertz CT molecular complexity index is 1220. The largest absolute Gasteiger partial charge is 1.00 e. The average molecular weight is 451 g/mol. The van der Waals surface area contributed by atoms with Crippen LogP contribution in [0.5, 0.6) is 5.75 Å². The van der Waals surface area contributed by atoms with Gasteiger partial charge in [-0.05, 0) is 35.2 Å². The smallest absolute Gasteiger partial charge is 0.871 e. The van der Waals surface area contributed by atoms with Crippen molar-refractivity contribution < 1.29 is 87.1 Å². The van der Waals surface area contributed by atoms with Crippen LogP contribution < -0.4 is 69.3 Å². The molecular formula is C17H9ClN2Na2O6S. The van der Waals surface area contributed by atoms with E-state index in [-0.39, 0.29) is 75.5 Å². The summed E-state index contributed by atoms with van der Waals surface area (Å²) >= 11 is 5.72. The number of halogens is 1. The molecule has 3 rings (SSSR count). The van der Waals surface area contributed by atoms with Gasteiger partial charge in [-0.2, -0.15) is 18.6 Å². The minimum absolute atomic E-state index is 0. The number of aromatic carboxylic acids is 1. The van der Waals surface area contributed by atoms with Crippen molar-refractivity contribution in [2.24, 2.45) is 10.2 Å². The maximum Gasteiger partial charge on any atom is 1.00 e. The maximum atomic E-state index is 12.4. The van der Waals surface area contributed by atoms with E-state index in [4.69, 9.17) is 16.2 Å². The Kier molecular flexibility index (Phi) is 9.28. The van der Waals surface area contributed by atoms with Gasteiger partial charge in [0.25, 0.3) is 10.1 Å². The van der Waals surface area contributed by atoms with E-state index in [2.05, 4.69) is 10.2 Å². The zero-order valence-electron chi connectivity index (χ0n) is 15.3. The number of hydrogen-bond donors (Lipinski definition) is 1. The van der Waals surface area contributed by atoms with Crippen molar-refractivity contribution >= 4 is 49.8 Å². The Balaban J connectivity index is 0.00000210. The molecule has 0 heterocycles. The van der Waals surface area contributed by atoms with Gasteiger partial charge in [-0.3, -0.25) is 4.55 Å². The van der Waals surface area contributed by atoms with Crippen molar-refractivity contribution in [1.29, 1.82) is 0 Å². The molecule has 0 aliphatic heterocycles. The summed E-state index contributed by atoms with van der Waals surface area (Å²) in [4.78, 5) is 10.6. The predicted molar refractivity (Wildman–Crippen MR) is 93.2 cm³/mol. The summed E-state index contributed by atoms with van der Waals surface area (Å²) in [6.07, 6.45) is 0. The molecule has 0 spiro atoms. The van der Waals surface area contributed by atoms with Crippen molar-refractivity contribution in [2.45, 2.75) is 4.90 Å². The van der Waals surface area contributed by atoms with E-state index >= 15 is 0 Å². The van der Waals surface area contributed by atoms with Gasteiger partial charge in [0.15, 0.2) is 0 Å². The van der Waals surface area contributed by atoms with Crippen molar-refractivity contribution in [3.05, 3.63) is 59.1 Å². The summed E-state index contributed by atoms with van der Waals surface area (Å²) in [6.45, 7) is 0. The summed E-state index contributed by atoms with van der Waals surface area (Å²) in [5.41, 5.74) is -0.831. The molecule has 3 aromatic rings. The van der Waals surface area contributed by atoms with Gasteiger partial charge in [0, 0.05) is 5.39 Å². The molecule has 138 valence electrons. The number of carbonyl (C=O) groups excluding carboxylic acids is 1. The maximum absolute atomic E-state index is 12.4. The van der Waals surface area contributed by atoms with Gasteiger partial charge in [0.2, 0.25) is 0 Å². The molecule has 8 nitrogen and oxygen atoms in total. The first kappa shape index (κ1) is 26.0. The zero-order valence-corrected chi connectivity index (χ0v) is 20.9. The summed E-state index contributed by atoms with van der Waals surface area (Å²) in [6, 6.07) is 11.1. The SMILES string of the molecule is O=C([O-])c1cc2ccccc2c(N=Nc2ccc(Cl)c(S(=O)(=O)O)c2)c1[O-].[Na+].[Na+]. The Hall–Kier alpha value is -1.01. The Morgan fingerprint density at radius 3 is 2.31 bits per heavy atom. The zero-order chi connectivity index (χ0) is 19.8. The third kappa shape index (κ3) is 5.78. The van der Waals surface area contributed by atoms with E-state index in [9.17, 15) is 23.4 Å². The normalized spacial score (nSPS) is 11.1. The van der Waals surface area contributed by atoms with Crippen LogP contribution in [0.2, 0.25) is 5.02 Å². The second-order valence-corrected chi connectivity index (χ2v) is 7.20. The van der Waals surface area contributed by atoms with Crippen LogP contribution in [0.1, 0.15) is 10.4 Å². The van der Waals surface area contributed by atoms with Crippen LogP contribution in [-0.2, 0) is 10.1 Å². The number of nitrogens with zero attached hydrogens (tertiary/aromatic N) is 2. The molecule has 0 radical (unpaired) electrons. The Labute approximate surface area is 214 Å². The van der Waals surface area contributed by atoms with Gasteiger partial charge in [-0.1, -0.05) is 41.6 Å².